The molecule has 0 spiro atoms. The van der Waals surface area contributed by atoms with E-state index < -0.39 is 0 Å². The standard InChI is InChI=1S/C14H18ClNO/c1-2-8-16(13-6-7-13)14(17)10-11-4-3-5-12(15)9-11/h3-5,9,13H,2,6-8,10H2,1H3. The van der Waals surface area contributed by atoms with Gasteiger partial charge in [0.2, 0.25) is 5.91 Å². The maximum atomic E-state index is 12.2. The third kappa shape index (κ3) is 3.47. The molecular weight excluding hydrogens is 234 g/mol. The van der Waals surface area contributed by atoms with E-state index >= 15 is 0 Å². The van der Waals surface area contributed by atoms with Gasteiger partial charge in [-0.25, -0.2) is 0 Å². The molecule has 0 aromatic heterocycles. The number of carbonyl (C=O) groups is 1. The van der Waals surface area contributed by atoms with Crippen LogP contribution in [0, 0.1) is 0 Å². The van der Waals surface area contributed by atoms with E-state index in [1.807, 2.05) is 29.2 Å². The van der Waals surface area contributed by atoms with Crippen LogP contribution in [0.25, 0.3) is 0 Å². The first kappa shape index (κ1) is 12.4. The van der Waals surface area contributed by atoms with Crippen LogP contribution in [-0.4, -0.2) is 23.4 Å². The van der Waals surface area contributed by atoms with Crippen molar-refractivity contribution in [3.05, 3.63) is 34.9 Å². The molecule has 0 bridgehead atoms. The highest BCUT2D eigenvalue weighted by atomic mass is 35.5. The lowest BCUT2D eigenvalue weighted by molar-refractivity contribution is -0.131. The number of halogens is 1. The number of rotatable bonds is 5. The topological polar surface area (TPSA) is 20.3 Å². The highest BCUT2D eigenvalue weighted by Gasteiger charge is 2.31. The molecule has 1 fully saturated rings. The average Bonchev–Trinajstić information content (AvgIpc) is 3.09. The van der Waals surface area contributed by atoms with Crippen LogP contribution in [0.15, 0.2) is 24.3 Å². The van der Waals surface area contributed by atoms with Crippen molar-refractivity contribution in [2.24, 2.45) is 0 Å². The Morgan fingerprint density at radius 1 is 1.47 bits per heavy atom. The molecule has 3 heteroatoms. The molecule has 17 heavy (non-hydrogen) atoms. The summed E-state index contributed by atoms with van der Waals surface area (Å²) in [5.74, 6) is 0.233. The largest absolute Gasteiger partial charge is 0.339 e. The van der Waals surface area contributed by atoms with E-state index in [0.717, 1.165) is 18.5 Å². The van der Waals surface area contributed by atoms with Crippen molar-refractivity contribution in [2.75, 3.05) is 6.54 Å². The summed E-state index contributed by atoms with van der Waals surface area (Å²) in [6.45, 7) is 2.99. The summed E-state index contributed by atoms with van der Waals surface area (Å²) in [6, 6.07) is 8.06. The summed E-state index contributed by atoms with van der Waals surface area (Å²) in [6.07, 6.45) is 3.83. The monoisotopic (exact) mass is 251 g/mol. The fourth-order valence-corrected chi connectivity index (χ4v) is 2.27. The minimum atomic E-state index is 0.233. The summed E-state index contributed by atoms with van der Waals surface area (Å²) >= 11 is 5.92. The van der Waals surface area contributed by atoms with Crippen molar-refractivity contribution < 1.29 is 4.79 Å². The summed E-state index contributed by atoms with van der Waals surface area (Å²) < 4.78 is 0. The van der Waals surface area contributed by atoms with E-state index in [1.54, 1.807) is 0 Å². The van der Waals surface area contributed by atoms with Crippen LogP contribution in [0.2, 0.25) is 5.02 Å². The van der Waals surface area contributed by atoms with E-state index in [-0.39, 0.29) is 5.91 Å². The molecule has 2 nitrogen and oxygen atoms in total. The maximum absolute atomic E-state index is 12.2. The minimum Gasteiger partial charge on any atom is -0.339 e. The third-order valence-electron chi connectivity index (χ3n) is 3.02. The van der Waals surface area contributed by atoms with Gasteiger partial charge in [-0.05, 0) is 37.0 Å². The second kappa shape index (κ2) is 5.54. The summed E-state index contributed by atoms with van der Waals surface area (Å²) in [7, 11) is 0. The van der Waals surface area contributed by atoms with E-state index in [9.17, 15) is 4.79 Å². The van der Waals surface area contributed by atoms with Crippen molar-refractivity contribution >= 4 is 17.5 Å². The molecule has 1 aliphatic carbocycles. The summed E-state index contributed by atoms with van der Waals surface area (Å²) in [5.41, 5.74) is 1.00. The molecule has 1 aromatic rings. The minimum absolute atomic E-state index is 0.233. The van der Waals surface area contributed by atoms with Gasteiger partial charge in [-0.15, -0.1) is 0 Å². The van der Waals surface area contributed by atoms with Crippen molar-refractivity contribution in [2.45, 2.75) is 38.6 Å². The molecule has 0 N–H and O–H groups in total. The SMILES string of the molecule is CCCN(C(=O)Cc1cccc(Cl)c1)C1CC1. The third-order valence-corrected chi connectivity index (χ3v) is 3.25. The lowest BCUT2D eigenvalue weighted by atomic mass is 10.1. The molecule has 1 aliphatic rings. The van der Waals surface area contributed by atoms with E-state index in [2.05, 4.69) is 6.92 Å². The molecule has 0 heterocycles. The molecule has 1 saturated carbocycles. The molecule has 0 unspecified atom stereocenters. The molecule has 0 radical (unpaired) electrons. The molecule has 92 valence electrons. The first-order valence-corrected chi connectivity index (χ1v) is 6.62. The number of carbonyl (C=O) groups excluding carboxylic acids is 1. The van der Waals surface area contributed by atoms with Crippen LogP contribution in [0.4, 0.5) is 0 Å². The van der Waals surface area contributed by atoms with Gasteiger partial charge in [0.15, 0.2) is 0 Å². The highest BCUT2D eigenvalue weighted by molar-refractivity contribution is 6.30. The molecule has 1 aromatic carbocycles. The Morgan fingerprint density at radius 2 is 2.24 bits per heavy atom. The molecule has 0 aliphatic heterocycles. The van der Waals surface area contributed by atoms with Gasteiger partial charge >= 0.3 is 0 Å². The number of amides is 1. The first-order valence-electron chi connectivity index (χ1n) is 6.24. The molecule has 0 saturated heterocycles. The predicted octanol–water partition coefficient (Wildman–Crippen LogP) is 3.28. The lowest BCUT2D eigenvalue weighted by Gasteiger charge is -2.21. The van der Waals surface area contributed by atoms with Crippen LogP contribution in [-0.2, 0) is 11.2 Å². The van der Waals surface area contributed by atoms with E-state index in [1.165, 1.54) is 12.8 Å². The Kier molecular flexibility index (Phi) is 4.06. The Morgan fingerprint density at radius 3 is 2.82 bits per heavy atom. The van der Waals surface area contributed by atoms with Crippen molar-refractivity contribution in [1.29, 1.82) is 0 Å². The van der Waals surface area contributed by atoms with Crippen molar-refractivity contribution in [3.8, 4) is 0 Å². The summed E-state index contributed by atoms with van der Waals surface area (Å²) in [4.78, 5) is 14.2. The first-order chi connectivity index (χ1) is 8.20. The number of benzene rings is 1. The molecule has 1 amide bonds. The molecular formula is C14H18ClNO. The second-order valence-corrected chi connectivity index (χ2v) is 5.06. The van der Waals surface area contributed by atoms with Crippen molar-refractivity contribution in [1.82, 2.24) is 4.90 Å². The number of hydrogen-bond acceptors (Lipinski definition) is 1. The predicted molar refractivity (Wildman–Crippen MR) is 70.2 cm³/mol. The fourth-order valence-electron chi connectivity index (χ4n) is 2.06. The van der Waals surface area contributed by atoms with E-state index in [0.29, 0.717) is 17.5 Å². The van der Waals surface area contributed by atoms with Gasteiger partial charge in [-0.3, -0.25) is 4.79 Å². The van der Waals surface area contributed by atoms with E-state index in [4.69, 9.17) is 11.6 Å². The van der Waals surface area contributed by atoms with Crippen molar-refractivity contribution in [3.63, 3.8) is 0 Å². The zero-order valence-electron chi connectivity index (χ0n) is 10.2. The lowest BCUT2D eigenvalue weighted by Crippen LogP contribution is -2.34. The molecule has 0 atom stereocenters. The second-order valence-electron chi connectivity index (χ2n) is 4.63. The zero-order chi connectivity index (χ0) is 12.3. The summed E-state index contributed by atoms with van der Waals surface area (Å²) in [5, 5.41) is 0.698. The Balaban J connectivity index is 1.99. The van der Waals surface area contributed by atoms with Gasteiger partial charge in [-0.1, -0.05) is 30.7 Å². The highest BCUT2D eigenvalue weighted by Crippen LogP contribution is 2.27. The van der Waals surface area contributed by atoms with Gasteiger partial charge in [0.05, 0.1) is 6.42 Å². The van der Waals surface area contributed by atoms with Crippen LogP contribution >= 0.6 is 11.6 Å². The smallest absolute Gasteiger partial charge is 0.227 e. The maximum Gasteiger partial charge on any atom is 0.227 e. The number of hydrogen-bond donors (Lipinski definition) is 0. The molecule has 2 rings (SSSR count). The van der Waals surface area contributed by atoms with Crippen LogP contribution in [0.1, 0.15) is 31.7 Å². The van der Waals surface area contributed by atoms with Crippen LogP contribution in [0.5, 0.6) is 0 Å². The number of nitrogens with zero attached hydrogens (tertiary/aromatic N) is 1. The van der Waals surface area contributed by atoms with Gasteiger partial charge < -0.3 is 4.90 Å². The van der Waals surface area contributed by atoms with Gasteiger partial charge in [0.25, 0.3) is 0 Å². The Labute approximate surface area is 108 Å². The Hall–Kier alpha value is -1.02. The van der Waals surface area contributed by atoms with Gasteiger partial charge in [0.1, 0.15) is 0 Å². The quantitative estimate of drug-likeness (QED) is 0.787. The average molecular weight is 252 g/mol. The van der Waals surface area contributed by atoms with Gasteiger partial charge in [-0.2, -0.15) is 0 Å². The Bertz CT molecular complexity index is 401. The normalized spacial score (nSPS) is 14.7. The zero-order valence-corrected chi connectivity index (χ0v) is 10.9. The van der Waals surface area contributed by atoms with Crippen LogP contribution in [0.3, 0.4) is 0 Å². The van der Waals surface area contributed by atoms with Crippen LogP contribution < -0.4 is 0 Å². The fraction of sp³-hybridized carbons (Fsp3) is 0.500. The van der Waals surface area contributed by atoms with Gasteiger partial charge in [0, 0.05) is 17.6 Å².